The molecule has 0 aromatic heterocycles. The molecule has 9 aromatic carbocycles. The number of allylic oxidation sites excluding steroid dienone is 3. The minimum Gasteiger partial charge on any atom is -0.293 e. The third-order valence-electron chi connectivity index (χ3n) is 17.8. The monoisotopic (exact) mass is 1010 g/mol. The number of benzene rings is 9. The number of rotatable bonds is 9. The summed E-state index contributed by atoms with van der Waals surface area (Å²) in [6, 6.07) is 81.2. The van der Waals surface area contributed by atoms with Gasteiger partial charge in [-0.1, -0.05) is 272 Å². The number of carbonyl (C=O) groups excluding carboxylic acids is 3. The molecule has 0 aliphatic heterocycles. The fourth-order valence-corrected chi connectivity index (χ4v) is 13.8. The minimum atomic E-state index is -0.454. The number of ketones is 3. The molecule has 1 unspecified atom stereocenters. The van der Waals surface area contributed by atoms with Gasteiger partial charge < -0.3 is 0 Å². The molecule has 0 heterocycles. The largest absolute Gasteiger partial charge is 0.293 e. The summed E-state index contributed by atoms with van der Waals surface area (Å²) in [5.74, 6) is 0.864. The SMILES string of the molecule is O=C1c2ccccc2CC1(Cc1ccccc1)C1=Cc2ccccc2C1.O=C1c2ccccc2C[C@@]1(Cc1ccccc1)C1=Cc2ccccc2C1.O=C1c2ccccc2C[C@]1(Cc1ccccc1)C1=Cc2ccccc2C1. The van der Waals surface area contributed by atoms with Crippen LogP contribution in [0.3, 0.4) is 0 Å². The van der Waals surface area contributed by atoms with Crippen molar-refractivity contribution in [1.82, 2.24) is 0 Å². The Kier molecular flexibility index (Phi) is 12.7. The van der Waals surface area contributed by atoms with Gasteiger partial charge in [0.2, 0.25) is 0 Å². The molecule has 78 heavy (non-hydrogen) atoms. The number of carbonyl (C=O) groups is 3. The average Bonchev–Trinajstić information content (AvgIpc) is 4.47. The van der Waals surface area contributed by atoms with Gasteiger partial charge >= 0.3 is 0 Å². The van der Waals surface area contributed by atoms with Crippen LogP contribution >= 0.6 is 0 Å². The normalized spacial score (nSPS) is 20.6. The number of hydrogen-bond donors (Lipinski definition) is 0. The first-order valence-electron chi connectivity index (χ1n) is 27.7. The lowest BCUT2D eigenvalue weighted by atomic mass is 9.71. The van der Waals surface area contributed by atoms with Gasteiger partial charge in [0.25, 0.3) is 0 Å². The molecule has 15 rings (SSSR count). The highest BCUT2D eigenvalue weighted by molar-refractivity contribution is 6.09. The van der Waals surface area contributed by atoms with Crippen LogP contribution in [0.25, 0.3) is 18.2 Å². The third kappa shape index (κ3) is 8.78. The highest BCUT2D eigenvalue weighted by atomic mass is 16.1. The number of fused-ring (bicyclic) bond motifs is 6. The van der Waals surface area contributed by atoms with Gasteiger partial charge in [0.1, 0.15) is 0 Å². The number of Topliss-reactive ketones (excluding diaryl/α,β-unsaturated/α-hetero) is 3. The van der Waals surface area contributed by atoms with E-state index in [4.69, 9.17) is 0 Å². The van der Waals surface area contributed by atoms with Crippen molar-refractivity contribution >= 4 is 35.6 Å². The van der Waals surface area contributed by atoms with Gasteiger partial charge in [-0.3, -0.25) is 14.4 Å². The molecule has 3 atom stereocenters. The summed E-state index contributed by atoms with van der Waals surface area (Å²) < 4.78 is 0. The fraction of sp³-hybridized carbons (Fsp3) is 0.160. The summed E-state index contributed by atoms with van der Waals surface area (Å²) in [5.41, 5.74) is 20.2. The predicted molar refractivity (Wildman–Crippen MR) is 316 cm³/mol. The van der Waals surface area contributed by atoms with E-state index in [1.165, 1.54) is 83.5 Å². The van der Waals surface area contributed by atoms with E-state index in [0.717, 1.165) is 74.5 Å². The molecule has 0 N–H and O–H groups in total. The van der Waals surface area contributed by atoms with E-state index in [1.54, 1.807) is 0 Å². The molecule has 378 valence electrons. The van der Waals surface area contributed by atoms with Crippen molar-refractivity contribution in [2.45, 2.75) is 57.8 Å². The van der Waals surface area contributed by atoms with Crippen LogP contribution in [-0.4, -0.2) is 17.3 Å². The van der Waals surface area contributed by atoms with E-state index in [0.29, 0.717) is 0 Å². The first-order chi connectivity index (χ1) is 38.3. The van der Waals surface area contributed by atoms with E-state index in [1.807, 2.05) is 72.8 Å². The Hall–Kier alpha value is -8.79. The molecule has 0 saturated heterocycles. The smallest absolute Gasteiger partial charge is 0.174 e. The maximum Gasteiger partial charge on any atom is 0.174 e. The van der Waals surface area contributed by atoms with Crippen molar-refractivity contribution in [2.24, 2.45) is 16.2 Å². The highest BCUT2D eigenvalue weighted by Crippen LogP contribution is 2.52. The summed E-state index contributed by atoms with van der Waals surface area (Å²) in [7, 11) is 0. The quantitative estimate of drug-likeness (QED) is 0.145. The highest BCUT2D eigenvalue weighted by Gasteiger charge is 2.51. The Morgan fingerprint density at radius 2 is 0.487 bits per heavy atom. The molecule has 0 fully saturated rings. The summed E-state index contributed by atoms with van der Waals surface area (Å²) in [6.07, 6.45) is 14.1. The average molecular weight is 1010 g/mol. The number of hydrogen-bond acceptors (Lipinski definition) is 3. The molecule has 0 amide bonds. The predicted octanol–water partition coefficient (Wildman–Crippen LogP) is 15.9. The molecular weight excluding hydrogens is 949 g/mol. The van der Waals surface area contributed by atoms with Crippen LogP contribution in [0.5, 0.6) is 0 Å². The van der Waals surface area contributed by atoms with Crippen LogP contribution in [0.1, 0.15) is 97.8 Å². The summed E-state index contributed by atoms with van der Waals surface area (Å²) >= 11 is 0. The zero-order valence-electron chi connectivity index (χ0n) is 43.8. The van der Waals surface area contributed by atoms with Crippen LogP contribution in [-0.2, 0) is 57.8 Å². The molecule has 0 saturated carbocycles. The molecular formula is C75H60O3. The zero-order valence-corrected chi connectivity index (χ0v) is 43.8. The molecule has 9 aromatic rings. The van der Waals surface area contributed by atoms with Gasteiger partial charge in [-0.2, -0.15) is 0 Å². The zero-order chi connectivity index (χ0) is 52.7. The molecule has 0 radical (unpaired) electrons. The fourth-order valence-electron chi connectivity index (χ4n) is 13.8. The van der Waals surface area contributed by atoms with Gasteiger partial charge in [0, 0.05) is 16.7 Å². The van der Waals surface area contributed by atoms with E-state index in [-0.39, 0.29) is 17.3 Å². The second kappa shape index (κ2) is 20.3. The van der Waals surface area contributed by atoms with E-state index in [2.05, 4.69) is 182 Å². The minimum absolute atomic E-state index is 0.288. The molecule has 6 aliphatic carbocycles. The standard InChI is InChI=1S/3C25H20O/c3*26-24-23-13-7-6-12-21(23)17-25(24,16-18-8-2-1-3-9-18)22-14-19-10-4-5-11-20(19)15-22/h3*1-14H,15-17H2/t2*25-;/m10./s1. The first-order valence-corrected chi connectivity index (χ1v) is 27.7. The topological polar surface area (TPSA) is 51.2 Å². The Labute approximate surface area is 458 Å². The van der Waals surface area contributed by atoms with Crippen molar-refractivity contribution in [1.29, 1.82) is 0 Å². The van der Waals surface area contributed by atoms with E-state index < -0.39 is 16.2 Å². The van der Waals surface area contributed by atoms with Crippen molar-refractivity contribution in [3.8, 4) is 0 Å². The lowest BCUT2D eigenvalue weighted by Gasteiger charge is -2.29. The van der Waals surface area contributed by atoms with Crippen molar-refractivity contribution in [3.05, 3.63) is 337 Å². The Balaban J connectivity index is 0.000000111. The van der Waals surface area contributed by atoms with Crippen LogP contribution in [0.4, 0.5) is 0 Å². The van der Waals surface area contributed by atoms with Gasteiger partial charge in [0.15, 0.2) is 17.3 Å². The van der Waals surface area contributed by atoms with Crippen LogP contribution in [0.15, 0.2) is 253 Å². The first kappa shape index (κ1) is 48.8. The summed E-state index contributed by atoms with van der Waals surface area (Å²) in [6.45, 7) is 0. The second-order valence-corrected chi connectivity index (χ2v) is 22.4. The van der Waals surface area contributed by atoms with Gasteiger partial charge in [-0.15, -0.1) is 0 Å². The molecule has 0 spiro atoms. The lowest BCUT2D eigenvalue weighted by molar-refractivity contribution is 0.0854. The summed E-state index contributed by atoms with van der Waals surface area (Å²) in [5, 5.41) is 0. The van der Waals surface area contributed by atoms with Crippen molar-refractivity contribution < 1.29 is 14.4 Å². The second-order valence-electron chi connectivity index (χ2n) is 22.4. The van der Waals surface area contributed by atoms with Gasteiger partial charge in [-0.05, 0) is 125 Å². The maximum atomic E-state index is 13.6. The van der Waals surface area contributed by atoms with Crippen molar-refractivity contribution in [2.75, 3.05) is 0 Å². The van der Waals surface area contributed by atoms with Crippen LogP contribution in [0.2, 0.25) is 0 Å². The Morgan fingerprint density at radius 1 is 0.256 bits per heavy atom. The Bertz CT molecular complexity index is 3490. The van der Waals surface area contributed by atoms with Crippen LogP contribution < -0.4 is 0 Å². The van der Waals surface area contributed by atoms with E-state index >= 15 is 0 Å². The third-order valence-corrected chi connectivity index (χ3v) is 17.8. The van der Waals surface area contributed by atoms with Crippen molar-refractivity contribution in [3.63, 3.8) is 0 Å². The van der Waals surface area contributed by atoms with Gasteiger partial charge in [0.05, 0.1) is 16.2 Å². The molecule has 0 bridgehead atoms. The molecule has 6 aliphatic rings. The van der Waals surface area contributed by atoms with E-state index in [9.17, 15) is 14.4 Å². The lowest BCUT2D eigenvalue weighted by Crippen LogP contribution is -2.33. The maximum absolute atomic E-state index is 13.6. The summed E-state index contributed by atoms with van der Waals surface area (Å²) in [4.78, 5) is 40.9. The Morgan fingerprint density at radius 3 is 0.744 bits per heavy atom. The molecule has 3 heteroatoms. The molecule has 3 nitrogen and oxygen atoms in total. The van der Waals surface area contributed by atoms with Gasteiger partial charge in [-0.25, -0.2) is 0 Å². The van der Waals surface area contributed by atoms with Crippen LogP contribution in [0, 0.1) is 16.2 Å².